The summed E-state index contributed by atoms with van der Waals surface area (Å²) in [4.78, 5) is 2.68. The van der Waals surface area contributed by atoms with Gasteiger partial charge in [0.15, 0.2) is 0 Å². The van der Waals surface area contributed by atoms with Gasteiger partial charge >= 0.3 is 0 Å². The molecule has 1 fully saturated rings. The largest absolute Gasteiger partial charge is 0.311 e. The molecule has 0 heterocycles. The Hall–Kier alpha value is -0.0800. The summed E-state index contributed by atoms with van der Waals surface area (Å²) in [5.74, 6) is 0. The Kier molecular flexibility index (Phi) is 7.53. The molecule has 0 spiro atoms. The van der Waals surface area contributed by atoms with Gasteiger partial charge in [-0.2, -0.15) is 0 Å². The predicted octanol–water partition coefficient (Wildman–Crippen LogP) is 4.45. The Labute approximate surface area is 127 Å². The Morgan fingerprint density at radius 3 is 2.05 bits per heavy atom. The first kappa shape index (κ1) is 18.0. The minimum Gasteiger partial charge on any atom is -0.311 e. The molecule has 120 valence electrons. The van der Waals surface area contributed by atoms with Crippen LogP contribution in [-0.4, -0.2) is 36.6 Å². The summed E-state index contributed by atoms with van der Waals surface area (Å²) in [6.07, 6.45) is 9.84. The molecule has 0 aromatic rings. The quantitative estimate of drug-likeness (QED) is 0.694. The Bertz CT molecular complexity index is 247. The number of hydrogen-bond acceptors (Lipinski definition) is 2. The van der Waals surface area contributed by atoms with Crippen LogP contribution in [0, 0.1) is 5.41 Å². The first-order valence-electron chi connectivity index (χ1n) is 8.88. The van der Waals surface area contributed by atoms with Crippen molar-refractivity contribution < 1.29 is 0 Å². The first-order valence-corrected chi connectivity index (χ1v) is 8.88. The highest BCUT2D eigenvalue weighted by molar-refractivity contribution is 4.89. The van der Waals surface area contributed by atoms with Crippen LogP contribution in [0.25, 0.3) is 0 Å². The minimum absolute atomic E-state index is 0.237. The van der Waals surface area contributed by atoms with E-state index in [1.54, 1.807) is 0 Å². The molecule has 0 bridgehead atoms. The molecule has 2 heteroatoms. The lowest BCUT2D eigenvalue weighted by molar-refractivity contribution is 0.122. The zero-order valence-electron chi connectivity index (χ0n) is 14.7. The van der Waals surface area contributed by atoms with Crippen LogP contribution < -0.4 is 5.32 Å². The van der Waals surface area contributed by atoms with Gasteiger partial charge in [-0.15, -0.1) is 0 Å². The third-order valence-corrected chi connectivity index (χ3v) is 4.70. The van der Waals surface area contributed by atoms with Gasteiger partial charge in [0, 0.05) is 18.6 Å². The molecule has 0 aromatic heterocycles. The lowest BCUT2D eigenvalue weighted by atomic mass is 9.79. The number of nitrogens with zero attached hydrogens (tertiary/aromatic N) is 1. The molecule has 0 radical (unpaired) electrons. The van der Waals surface area contributed by atoms with Crippen molar-refractivity contribution in [2.45, 2.75) is 85.1 Å². The molecular weight excluding hydrogens is 244 g/mol. The van der Waals surface area contributed by atoms with Crippen LogP contribution >= 0.6 is 0 Å². The van der Waals surface area contributed by atoms with E-state index >= 15 is 0 Å². The fourth-order valence-electron chi connectivity index (χ4n) is 3.46. The van der Waals surface area contributed by atoms with Crippen molar-refractivity contribution in [1.29, 1.82) is 0 Å². The van der Waals surface area contributed by atoms with Crippen LogP contribution in [0.3, 0.4) is 0 Å². The van der Waals surface area contributed by atoms with Crippen molar-refractivity contribution in [2.24, 2.45) is 5.41 Å². The smallest absolute Gasteiger partial charge is 0.00967 e. The fourth-order valence-corrected chi connectivity index (χ4v) is 3.46. The van der Waals surface area contributed by atoms with Crippen molar-refractivity contribution in [3.63, 3.8) is 0 Å². The van der Waals surface area contributed by atoms with Crippen LogP contribution in [-0.2, 0) is 0 Å². The van der Waals surface area contributed by atoms with Gasteiger partial charge in [0.2, 0.25) is 0 Å². The maximum absolute atomic E-state index is 3.81. The van der Waals surface area contributed by atoms with Gasteiger partial charge in [0.1, 0.15) is 0 Å². The molecule has 0 aliphatic heterocycles. The minimum atomic E-state index is 0.237. The summed E-state index contributed by atoms with van der Waals surface area (Å²) in [6.45, 7) is 16.4. The summed E-state index contributed by atoms with van der Waals surface area (Å²) in [5.41, 5.74) is 0.746. The predicted molar refractivity (Wildman–Crippen MR) is 90.3 cm³/mol. The van der Waals surface area contributed by atoms with E-state index in [0.29, 0.717) is 5.41 Å². The second-order valence-corrected chi connectivity index (χ2v) is 7.89. The summed E-state index contributed by atoms with van der Waals surface area (Å²) in [5, 5.41) is 3.81. The zero-order chi connectivity index (χ0) is 15.1. The third-order valence-electron chi connectivity index (χ3n) is 4.70. The summed E-state index contributed by atoms with van der Waals surface area (Å²) in [7, 11) is 0. The lowest BCUT2D eigenvalue weighted by Gasteiger charge is -2.40. The Morgan fingerprint density at radius 1 is 1.00 bits per heavy atom. The molecule has 1 saturated carbocycles. The van der Waals surface area contributed by atoms with Gasteiger partial charge < -0.3 is 10.2 Å². The lowest BCUT2D eigenvalue weighted by Crippen LogP contribution is -2.49. The molecule has 1 rings (SSSR count). The molecule has 20 heavy (non-hydrogen) atoms. The second kappa shape index (κ2) is 8.38. The highest BCUT2D eigenvalue weighted by Crippen LogP contribution is 2.36. The molecule has 1 N–H and O–H groups in total. The molecule has 0 atom stereocenters. The second-order valence-electron chi connectivity index (χ2n) is 7.89. The van der Waals surface area contributed by atoms with Gasteiger partial charge in [-0.3, -0.25) is 0 Å². The molecule has 1 aliphatic carbocycles. The van der Waals surface area contributed by atoms with E-state index in [9.17, 15) is 0 Å². The van der Waals surface area contributed by atoms with E-state index < -0.39 is 0 Å². The number of rotatable bonds is 7. The van der Waals surface area contributed by atoms with Crippen LogP contribution in [0.1, 0.15) is 79.6 Å². The van der Waals surface area contributed by atoms with Gasteiger partial charge in [-0.05, 0) is 58.5 Å². The van der Waals surface area contributed by atoms with Gasteiger partial charge in [0.25, 0.3) is 0 Å². The van der Waals surface area contributed by atoms with Crippen molar-refractivity contribution in [3.8, 4) is 0 Å². The van der Waals surface area contributed by atoms with Crippen molar-refractivity contribution >= 4 is 0 Å². The number of hydrogen-bond donors (Lipinski definition) is 1. The standard InChI is InChI=1S/C18H38N2/c1-6-14-20(7-2)16-18(15-19-17(3,4)5)12-10-8-9-11-13-18/h19H,6-16H2,1-5H3. The fraction of sp³-hybridized carbons (Fsp3) is 1.00. The van der Waals surface area contributed by atoms with E-state index in [-0.39, 0.29) is 5.54 Å². The van der Waals surface area contributed by atoms with Gasteiger partial charge in [0.05, 0.1) is 0 Å². The zero-order valence-corrected chi connectivity index (χ0v) is 14.7. The summed E-state index contributed by atoms with van der Waals surface area (Å²) < 4.78 is 0. The van der Waals surface area contributed by atoms with Crippen molar-refractivity contribution in [1.82, 2.24) is 10.2 Å². The number of nitrogens with one attached hydrogen (secondary N) is 1. The van der Waals surface area contributed by atoms with E-state index in [0.717, 1.165) is 0 Å². The molecule has 2 nitrogen and oxygen atoms in total. The van der Waals surface area contributed by atoms with E-state index in [1.165, 1.54) is 71.1 Å². The van der Waals surface area contributed by atoms with Gasteiger partial charge in [-0.1, -0.05) is 39.5 Å². The topological polar surface area (TPSA) is 15.3 Å². The highest BCUT2D eigenvalue weighted by Gasteiger charge is 2.33. The third kappa shape index (κ3) is 6.58. The molecule has 0 unspecified atom stereocenters. The van der Waals surface area contributed by atoms with Crippen LogP contribution in [0.2, 0.25) is 0 Å². The van der Waals surface area contributed by atoms with Crippen molar-refractivity contribution in [2.75, 3.05) is 26.2 Å². The maximum atomic E-state index is 3.81. The highest BCUT2D eigenvalue weighted by atomic mass is 15.1. The molecule has 0 aromatic carbocycles. The van der Waals surface area contributed by atoms with Gasteiger partial charge in [-0.25, -0.2) is 0 Å². The average molecular weight is 283 g/mol. The normalized spacial score (nSPS) is 20.1. The summed E-state index contributed by atoms with van der Waals surface area (Å²) >= 11 is 0. The van der Waals surface area contributed by atoms with Crippen LogP contribution in [0.5, 0.6) is 0 Å². The SMILES string of the molecule is CCCN(CC)CC1(CNC(C)(C)C)CCCCCC1. The molecule has 1 aliphatic rings. The van der Waals surface area contributed by atoms with Crippen molar-refractivity contribution in [3.05, 3.63) is 0 Å². The van der Waals surface area contributed by atoms with E-state index in [2.05, 4.69) is 44.8 Å². The Balaban J connectivity index is 2.71. The summed E-state index contributed by atoms with van der Waals surface area (Å²) in [6, 6.07) is 0. The van der Waals surface area contributed by atoms with E-state index in [1.807, 2.05) is 0 Å². The molecule has 0 saturated heterocycles. The first-order chi connectivity index (χ1) is 9.41. The average Bonchev–Trinajstić information content (AvgIpc) is 2.61. The maximum Gasteiger partial charge on any atom is 0.00967 e. The molecule has 0 amide bonds. The molecular formula is C18H38N2. The van der Waals surface area contributed by atoms with Crippen LogP contribution in [0.4, 0.5) is 0 Å². The Morgan fingerprint density at radius 2 is 1.60 bits per heavy atom. The van der Waals surface area contributed by atoms with E-state index in [4.69, 9.17) is 0 Å². The monoisotopic (exact) mass is 282 g/mol. The van der Waals surface area contributed by atoms with Crippen LogP contribution in [0.15, 0.2) is 0 Å².